The van der Waals surface area contributed by atoms with E-state index in [-0.39, 0.29) is 37.7 Å². The van der Waals surface area contributed by atoms with Crippen LogP contribution < -0.4 is 33.2 Å². The van der Waals surface area contributed by atoms with E-state index in [0.29, 0.717) is 6.42 Å². The van der Waals surface area contributed by atoms with E-state index in [1.807, 2.05) is 36.4 Å². The molecular formula is C29H41N7O5. The fourth-order valence-corrected chi connectivity index (χ4v) is 3.99. The predicted molar refractivity (Wildman–Crippen MR) is 156 cm³/mol. The van der Waals surface area contributed by atoms with Gasteiger partial charge in [-0.2, -0.15) is 0 Å². The predicted octanol–water partition coefficient (Wildman–Crippen LogP) is 0.0477. The Bertz CT molecular complexity index is 1170. The van der Waals surface area contributed by atoms with E-state index in [4.69, 9.17) is 17.2 Å². The molecule has 2 rings (SSSR count). The van der Waals surface area contributed by atoms with Crippen LogP contribution in [0, 0.1) is 5.92 Å². The quantitative estimate of drug-likeness (QED) is 0.0833. The Kier molecular flexibility index (Phi) is 13.3. The number of carbonyl (C=O) groups excluding carboxylic acids is 3. The lowest BCUT2D eigenvalue weighted by molar-refractivity contribution is -0.142. The highest BCUT2D eigenvalue weighted by Gasteiger charge is 2.31. The van der Waals surface area contributed by atoms with Crippen molar-refractivity contribution in [2.75, 3.05) is 6.54 Å². The lowest BCUT2D eigenvalue weighted by atomic mass is 10.0. The molecule has 222 valence electrons. The maximum Gasteiger partial charge on any atom is 0.326 e. The summed E-state index contributed by atoms with van der Waals surface area (Å²) in [5.41, 5.74) is 18.2. The summed E-state index contributed by atoms with van der Waals surface area (Å²) in [7, 11) is 0. The van der Waals surface area contributed by atoms with E-state index in [2.05, 4.69) is 20.9 Å². The number of hydrogen-bond acceptors (Lipinski definition) is 6. The third-order valence-electron chi connectivity index (χ3n) is 6.41. The highest BCUT2D eigenvalue weighted by Crippen LogP contribution is 2.09. The summed E-state index contributed by atoms with van der Waals surface area (Å²) in [4.78, 5) is 55.5. The van der Waals surface area contributed by atoms with Crippen LogP contribution in [0.2, 0.25) is 0 Å². The van der Waals surface area contributed by atoms with Gasteiger partial charge in [0.15, 0.2) is 5.96 Å². The minimum Gasteiger partial charge on any atom is -0.480 e. The summed E-state index contributed by atoms with van der Waals surface area (Å²) in [6, 6.07) is 13.9. The molecule has 0 aliphatic heterocycles. The number of aliphatic carboxylic acids is 1. The Morgan fingerprint density at radius 1 is 0.756 bits per heavy atom. The molecule has 2 aromatic rings. The van der Waals surface area contributed by atoms with Crippen molar-refractivity contribution in [3.63, 3.8) is 0 Å². The Morgan fingerprint density at radius 3 is 1.61 bits per heavy atom. The van der Waals surface area contributed by atoms with Crippen molar-refractivity contribution in [3.8, 4) is 0 Å². The number of amides is 3. The number of aliphatic imine (C=N–C) groups is 1. The second-order valence-corrected chi connectivity index (χ2v) is 10.1. The van der Waals surface area contributed by atoms with Gasteiger partial charge in [0.2, 0.25) is 17.7 Å². The number of benzene rings is 2. The number of guanidine groups is 1. The van der Waals surface area contributed by atoms with Gasteiger partial charge in [-0.1, -0.05) is 74.5 Å². The van der Waals surface area contributed by atoms with Crippen LogP contribution in [0.15, 0.2) is 65.7 Å². The average molecular weight is 568 g/mol. The Labute approximate surface area is 240 Å². The lowest BCUT2D eigenvalue weighted by Crippen LogP contribution is -2.58. The molecule has 2 aromatic carbocycles. The topological polar surface area (TPSA) is 215 Å². The zero-order chi connectivity index (χ0) is 30.4. The normalized spacial score (nSPS) is 13.8. The summed E-state index contributed by atoms with van der Waals surface area (Å²) in [5, 5.41) is 17.7. The summed E-state index contributed by atoms with van der Waals surface area (Å²) in [5.74, 6) is -3.28. The van der Waals surface area contributed by atoms with Gasteiger partial charge in [-0.25, -0.2) is 4.79 Å². The van der Waals surface area contributed by atoms with Crippen LogP contribution in [-0.2, 0) is 32.0 Å². The molecule has 4 atom stereocenters. The van der Waals surface area contributed by atoms with E-state index in [0.717, 1.165) is 11.1 Å². The molecule has 41 heavy (non-hydrogen) atoms. The SMILES string of the molecule is CC(C)C(N)C(=O)NC(Cc1ccccc1)C(=O)NC(Cc1ccccc1)C(=O)NC(CCCN=C(N)N)C(=O)O. The third-order valence-corrected chi connectivity index (χ3v) is 6.41. The molecule has 0 saturated heterocycles. The monoisotopic (exact) mass is 567 g/mol. The van der Waals surface area contributed by atoms with Crippen LogP contribution in [0.25, 0.3) is 0 Å². The van der Waals surface area contributed by atoms with E-state index in [1.54, 1.807) is 38.1 Å². The van der Waals surface area contributed by atoms with Crippen molar-refractivity contribution < 1.29 is 24.3 Å². The second kappa shape index (κ2) is 16.6. The molecule has 0 radical (unpaired) electrons. The van der Waals surface area contributed by atoms with Crippen LogP contribution in [0.4, 0.5) is 0 Å². The van der Waals surface area contributed by atoms with E-state index in [9.17, 15) is 24.3 Å². The maximum atomic E-state index is 13.6. The van der Waals surface area contributed by atoms with Crippen molar-refractivity contribution in [1.29, 1.82) is 0 Å². The standard InChI is InChI=1S/C29H41N7O5/c1-18(2)24(30)27(39)36-23(17-20-12-7-4-8-13-20)26(38)35-22(16-19-10-5-3-6-11-19)25(37)34-21(28(40)41)14-9-15-33-29(31)32/h3-8,10-13,18,21-24H,9,14-17,30H2,1-2H3,(H,34,37)(H,35,38)(H,36,39)(H,40,41)(H4,31,32,33). The first kappa shape index (κ1) is 32.8. The van der Waals surface area contributed by atoms with Crippen LogP contribution in [0.3, 0.4) is 0 Å². The van der Waals surface area contributed by atoms with Crippen LogP contribution in [0.5, 0.6) is 0 Å². The number of carboxylic acids is 1. The maximum absolute atomic E-state index is 13.6. The molecule has 12 nitrogen and oxygen atoms in total. The molecular weight excluding hydrogens is 526 g/mol. The number of carboxylic acid groups (broad SMARTS) is 1. The molecule has 0 aliphatic carbocycles. The summed E-state index contributed by atoms with van der Waals surface area (Å²) in [6.07, 6.45) is 0.636. The summed E-state index contributed by atoms with van der Waals surface area (Å²) >= 11 is 0. The highest BCUT2D eigenvalue weighted by molar-refractivity contribution is 5.94. The minimum absolute atomic E-state index is 0.0731. The van der Waals surface area contributed by atoms with E-state index >= 15 is 0 Å². The van der Waals surface area contributed by atoms with Gasteiger partial charge in [0, 0.05) is 19.4 Å². The van der Waals surface area contributed by atoms with Crippen molar-refractivity contribution in [1.82, 2.24) is 16.0 Å². The van der Waals surface area contributed by atoms with E-state index < -0.39 is 47.9 Å². The first-order valence-corrected chi connectivity index (χ1v) is 13.5. The number of rotatable bonds is 16. The number of nitrogens with zero attached hydrogens (tertiary/aromatic N) is 1. The Hall–Kier alpha value is -4.45. The molecule has 3 amide bonds. The van der Waals surface area contributed by atoms with Gasteiger partial charge in [0.25, 0.3) is 0 Å². The molecule has 0 saturated carbocycles. The van der Waals surface area contributed by atoms with Crippen LogP contribution in [-0.4, -0.2) is 65.5 Å². The van der Waals surface area contributed by atoms with E-state index in [1.165, 1.54) is 0 Å². The van der Waals surface area contributed by atoms with Gasteiger partial charge in [-0.3, -0.25) is 19.4 Å². The number of nitrogens with two attached hydrogens (primary N) is 3. The number of hydrogen-bond donors (Lipinski definition) is 7. The highest BCUT2D eigenvalue weighted by atomic mass is 16.4. The van der Waals surface area contributed by atoms with Crippen molar-refractivity contribution >= 4 is 29.7 Å². The van der Waals surface area contributed by atoms with Gasteiger partial charge in [0.05, 0.1) is 6.04 Å². The molecule has 0 aromatic heterocycles. The fraction of sp³-hybridized carbons (Fsp3) is 0.414. The number of nitrogens with one attached hydrogen (secondary N) is 3. The van der Waals surface area contributed by atoms with Gasteiger partial charge >= 0.3 is 5.97 Å². The zero-order valence-corrected chi connectivity index (χ0v) is 23.5. The van der Waals surface area contributed by atoms with Gasteiger partial charge in [-0.15, -0.1) is 0 Å². The van der Waals surface area contributed by atoms with Crippen LogP contribution in [0.1, 0.15) is 37.8 Å². The second-order valence-electron chi connectivity index (χ2n) is 10.1. The summed E-state index contributed by atoms with van der Waals surface area (Å²) < 4.78 is 0. The molecule has 12 heteroatoms. The minimum atomic E-state index is -1.23. The number of carbonyl (C=O) groups is 4. The molecule has 0 bridgehead atoms. The average Bonchev–Trinajstić information content (AvgIpc) is 2.94. The lowest BCUT2D eigenvalue weighted by Gasteiger charge is -2.26. The Balaban J connectivity index is 2.27. The smallest absolute Gasteiger partial charge is 0.326 e. The Morgan fingerprint density at radius 2 is 1.20 bits per heavy atom. The molecule has 0 aliphatic rings. The molecule has 0 fully saturated rings. The van der Waals surface area contributed by atoms with Crippen molar-refractivity contribution in [2.24, 2.45) is 28.1 Å². The van der Waals surface area contributed by atoms with Crippen molar-refractivity contribution in [3.05, 3.63) is 71.8 Å². The van der Waals surface area contributed by atoms with Gasteiger partial charge in [-0.05, 0) is 29.9 Å². The fourth-order valence-electron chi connectivity index (χ4n) is 3.99. The first-order valence-electron chi connectivity index (χ1n) is 13.5. The molecule has 10 N–H and O–H groups in total. The van der Waals surface area contributed by atoms with Gasteiger partial charge in [0.1, 0.15) is 18.1 Å². The van der Waals surface area contributed by atoms with Gasteiger partial charge < -0.3 is 38.3 Å². The van der Waals surface area contributed by atoms with Crippen LogP contribution >= 0.6 is 0 Å². The molecule has 4 unspecified atom stereocenters. The zero-order valence-electron chi connectivity index (χ0n) is 23.5. The first-order chi connectivity index (χ1) is 19.5. The largest absolute Gasteiger partial charge is 0.480 e. The van der Waals surface area contributed by atoms with Crippen molar-refractivity contribution in [2.45, 2.75) is 63.7 Å². The summed E-state index contributed by atoms with van der Waals surface area (Å²) in [6.45, 7) is 3.80. The molecule has 0 heterocycles. The third kappa shape index (κ3) is 11.7. The molecule has 0 spiro atoms.